The number of rotatable bonds is 5. The molecule has 0 spiro atoms. The smallest absolute Gasteiger partial charge is 0.254 e. The van der Waals surface area contributed by atoms with E-state index in [4.69, 9.17) is 5.73 Å². The maximum Gasteiger partial charge on any atom is 0.254 e. The Bertz CT molecular complexity index is 786. The summed E-state index contributed by atoms with van der Waals surface area (Å²) < 4.78 is 0. The van der Waals surface area contributed by atoms with Crippen LogP contribution in [0.25, 0.3) is 0 Å². The van der Waals surface area contributed by atoms with E-state index in [1.54, 1.807) is 24.3 Å². The molecule has 0 saturated heterocycles. The van der Waals surface area contributed by atoms with Crippen molar-refractivity contribution in [1.29, 1.82) is 0 Å². The number of benzene rings is 1. The molecule has 1 atom stereocenters. The fourth-order valence-corrected chi connectivity index (χ4v) is 2.92. The molecule has 0 aliphatic carbocycles. The quantitative estimate of drug-likeness (QED) is 0.535. The highest BCUT2D eigenvalue weighted by atomic mass is 28.3. The fourth-order valence-electron chi connectivity index (χ4n) is 2.00. The van der Waals surface area contributed by atoms with Gasteiger partial charge in [-0.1, -0.05) is 46.0 Å². The van der Waals surface area contributed by atoms with Crippen molar-refractivity contribution in [2.24, 2.45) is 5.73 Å². The maximum atomic E-state index is 12.6. The van der Waals surface area contributed by atoms with E-state index in [9.17, 15) is 14.4 Å². The Morgan fingerprint density at radius 2 is 1.78 bits per heavy atom. The highest BCUT2D eigenvalue weighted by Gasteiger charge is 2.33. The number of hydrogen-bond acceptors (Lipinski definition) is 3. The molecule has 0 fully saturated rings. The first-order chi connectivity index (χ1) is 12.3. The third-order valence-electron chi connectivity index (χ3n) is 4.71. The number of hydrogen-bond donors (Lipinski definition) is 3. The lowest BCUT2D eigenvalue weighted by Gasteiger charge is -2.31. The number of primary amides is 1. The monoisotopic (exact) mass is 387 g/mol. The first kappa shape index (κ1) is 22.4. The summed E-state index contributed by atoms with van der Waals surface area (Å²) in [4.78, 5) is 35.6. The third kappa shape index (κ3) is 6.57. The Labute approximate surface area is 162 Å². The zero-order valence-electron chi connectivity index (χ0n) is 16.9. The van der Waals surface area contributed by atoms with Crippen LogP contribution in [0.3, 0.4) is 0 Å². The highest BCUT2D eigenvalue weighted by molar-refractivity contribution is 6.87. The van der Waals surface area contributed by atoms with E-state index in [2.05, 4.69) is 56.0 Å². The van der Waals surface area contributed by atoms with Gasteiger partial charge in [-0.3, -0.25) is 14.4 Å². The number of carbonyl (C=O) groups is 3. The first-order valence-electron chi connectivity index (χ1n) is 8.82. The van der Waals surface area contributed by atoms with E-state index < -0.39 is 25.9 Å². The van der Waals surface area contributed by atoms with Gasteiger partial charge in [0.25, 0.3) is 5.91 Å². The van der Waals surface area contributed by atoms with Crippen molar-refractivity contribution in [1.82, 2.24) is 5.32 Å². The molecule has 0 aromatic heterocycles. The number of nitrogens with one attached hydrogen (secondary N) is 2. The SMILES string of the molecule is CC(=O)Nc1ccccc1C(=O)N[C@@H](CC#C[Si](C)(C)C(C)(C)C)C(N)=O. The summed E-state index contributed by atoms with van der Waals surface area (Å²) >= 11 is 0. The molecule has 1 aromatic rings. The van der Waals surface area contributed by atoms with Gasteiger partial charge in [-0.2, -0.15) is 0 Å². The number of carbonyl (C=O) groups excluding carboxylic acids is 3. The van der Waals surface area contributed by atoms with Crippen molar-refractivity contribution in [2.75, 3.05) is 5.32 Å². The summed E-state index contributed by atoms with van der Waals surface area (Å²) in [6.45, 7) is 12.2. The van der Waals surface area contributed by atoms with Crippen molar-refractivity contribution < 1.29 is 14.4 Å². The Morgan fingerprint density at radius 3 is 2.30 bits per heavy atom. The van der Waals surface area contributed by atoms with Crippen LogP contribution in [-0.2, 0) is 9.59 Å². The van der Waals surface area contributed by atoms with Crippen molar-refractivity contribution in [2.45, 2.75) is 58.3 Å². The molecule has 1 aromatic carbocycles. The van der Waals surface area contributed by atoms with Crippen LogP contribution in [0.2, 0.25) is 18.1 Å². The summed E-state index contributed by atoms with van der Waals surface area (Å²) in [5.41, 5.74) is 9.38. The van der Waals surface area contributed by atoms with E-state index in [0.29, 0.717) is 5.69 Å². The molecule has 0 aliphatic rings. The lowest BCUT2D eigenvalue weighted by Crippen LogP contribution is -2.44. The number of para-hydroxylation sites is 1. The Morgan fingerprint density at radius 1 is 1.19 bits per heavy atom. The second-order valence-electron chi connectivity index (χ2n) is 8.04. The van der Waals surface area contributed by atoms with Crippen LogP contribution in [0.15, 0.2) is 24.3 Å². The number of amides is 3. The van der Waals surface area contributed by atoms with Crippen LogP contribution in [0.1, 0.15) is 44.5 Å². The molecule has 0 saturated carbocycles. The van der Waals surface area contributed by atoms with Gasteiger partial charge in [-0.05, 0) is 17.2 Å². The standard InChI is InChI=1S/C20H29N3O3Si/c1-14(24)22-16-11-8-7-10-15(16)19(26)23-17(18(21)25)12-9-13-27(5,6)20(2,3)4/h7-8,10-11,17H,12H2,1-6H3,(H2,21,25)(H,22,24)(H,23,26)/t17-/m0/s1. The van der Waals surface area contributed by atoms with Gasteiger partial charge in [-0.25, -0.2) is 0 Å². The molecule has 6 nitrogen and oxygen atoms in total. The minimum Gasteiger partial charge on any atom is -0.368 e. The molecule has 0 unspecified atom stereocenters. The van der Waals surface area contributed by atoms with Crippen LogP contribution in [0, 0.1) is 11.5 Å². The highest BCUT2D eigenvalue weighted by Crippen LogP contribution is 2.35. The summed E-state index contributed by atoms with van der Waals surface area (Å²) in [6.07, 6.45) is 0.149. The van der Waals surface area contributed by atoms with Crippen molar-refractivity contribution >= 4 is 31.5 Å². The van der Waals surface area contributed by atoms with Crippen LogP contribution < -0.4 is 16.4 Å². The van der Waals surface area contributed by atoms with Gasteiger partial charge in [-0.15, -0.1) is 11.5 Å². The van der Waals surface area contributed by atoms with E-state index in [1.807, 2.05) is 0 Å². The van der Waals surface area contributed by atoms with Crippen LogP contribution in [0.5, 0.6) is 0 Å². The predicted octanol–water partition coefficient (Wildman–Crippen LogP) is 2.67. The molecule has 1 rings (SSSR count). The molecular formula is C20H29N3O3Si. The zero-order valence-corrected chi connectivity index (χ0v) is 17.9. The van der Waals surface area contributed by atoms with Crippen molar-refractivity contribution in [3.8, 4) is 11.5 Å². The van der Waals surface area contributed by atoms with Gasteiger partial charge >= 0.3 is 0 Å². The van der Waals surface area contributed by atoms with E-state index in [-0.39, 0.29) is 22.9 Å². The van der Waals surface area contributed by atoms with Crippen LogP contribution in [0.4, 0.5) is 5.69 Å². The minimum absolute atomic E-state index is 0.1000. The molecule has 0 aliphatic heterocycles. The Kier molecular flexibility index (Phi) is 7.37. The zero-order chi connectivity index (χ0) is 20.8. The number of nitrogens with two attached hydrogens (primary N) is 1. The Balaban J connectivity index is 2.96. The van der Waals surface area contributed by atoms with Gasteiger partial charge in [0.05, 0.1) is 11.3 Å². The van der Waals surface area contributed by atoms with E-state index in [0.717, 1.165) is 0 Å². The van der Waals surface area contributed by atoms with Crippen LogP contribution in [-0.4, -0.2) is 31.8 Å². The van der Waals surface area contributed by atoms with Crippen LogP contribution >= 0.6 is 0 Å². The Hall–Kier alpha value is -2.59. The lowest BCUT2D eigenvalue weighted by atomic mass is 10.1. The van der Waals surface area contributed by atoms with E-state index >= 15 is 0 Å². The molecule has 7 heteroatoms. The number of anilines is 1. The summed E-state index contributed by atoms with van der Waals surface area (Å²) in [6, 6.07) is 5.67. The van der Waals surface area contributed by atoms with Crippen molar-refractivity contribution in [3.63, 3.8) is 0 Å². The second-order valence-corrected chi connectivity index (χ2v) is 13.0. The maximum absolute atomic E-state index is 12.6. The van der Waals surface area contributed by atoms with Gasteiger partial charge < -0.3 is 16.4 Å². The predicted molar refractivity (Wildman–Crippen MR) is 111 cm³/mol. The summed E-state index contributed by atoms with van der Waals surface area (Å²) in [7, 11) is -1.81. The van der Waals surface area contributed by atoms with E-state index in [1.165, 1.54) is 6.92 Å². The third-order valence-corrected chi connectivity index (χ3v) is 9.27. The molecule has 4 N–H and O–H groups in total. The molecule has 0 bridgehead atoms. The van der Waals surface area contributed by atoms with Gasteiger partial charge in [0, 0.05) is 13.3 Å². The molecule has 3 amide bonds. The van der Waals surface area contributed by atoms with Crippen molar-refractivity contribution in [3.05, 3.63) is 29.8 Å². The van der Waals surface area contributed by atoms with Gasteiger partial charge in [0.2, 0.25) is 11.8 Å². The van der Waals surface area contributed by atoms with Gasteiger partial charge in [0.15, 0.2) is 0 Å². The lowest BCUT2D eigenvalue weighted by molar-refractivity contribution is -0.119. The summed E-state index contributed by atoms with van der Waals surface area (Å²) in [5, 5.41) is 5.32. The topological polar surface area (TPSA) is 101 Å². The van der Waals surface area contributed by atoms with Gasteiger partial charge in [0.1, 0.15) is 14.1 Å². The normalized spacial score (nSPS) is 12.4. The fraction of sp³-hybridized carbons (Fsp3) is 0.450. The molecule has 0 heterocycles. The molecule has 27 heavy (non-hydrogen) atoms. The second kappa shape index (κ2) is 8.87. The minimum atomic E-state index is -1.81. The molecule has 0 radical (unpaired) electrons. The largest absolute Gasteiger partial charge is 0.368 e. The molecular weight excluding hydrogens is 358 g/mol. The average Bonchev–Trinajstić information content (AvgIpc) is 2.52. The summed E-state index contributed by atoms with van der Waals surface area (Å²) in [5.74, 6) is 1.62. The average molecular weight is 388 g/mol. The first-order valence-corrected chi connectivity index (χ1v) is 11.8. The molecule has 146 valence electrons.